The summed E-state index contributed by atoms with van der Waals surface area (Å²) in [6.07, 6.45) is 8.27. The van der Waals surface area contributed by atoms with Crippen LogP contribution in [0.25, 0.3) is 5.57 Å². The first kappa shape index (κ1) is 31.1. The zero-order valence-electron chi connectivity index (χ0n) is 25.9. The molecule has 6 rings (SSSR count). The van der Waals surface area contributed by atoms with Gasteiger partial charge in [0.1, 0.15) is 30.0 Å². The standard InChI is InChI=1S/C31H37N7O8/c1-4-44-28(41)21-13-17(7-10-37-11-9-33-30(37)38-16-34-24-26(38)35-29(32)36-27(24)40)23-20(45-21)15-19-18(25(23)43-3)14-22(46-19)31(2,42)8-5-6-12-39/h7,9,11,13,15,22,30,33,39,42H,4-6,8,10,12,14,16H2,1-3H3,(H2,32,36,40)/b17-7+/t22-,30?,31-/m0/s1. The Bertz CT molecular complexity index is 1630. The number of methoxy groups -OCH3 is 1. The number of guanidine groups is 1. The number of esters is 1. The third-order valence-corrected chi connectivity index (χ3v) is 8.37. The number of ether oxygens (including phenoxy) is 4. The van der Waals surface area contributed by atoms with Crippen molar-refractivity contribution < 1.29 is 38.7 Å². The predicted molar refractivity (Wildman–Crippen MR) is 167 cm³/mol. The second kappa shape index (κ2) is 12.5. The van der Waals surface area contributed by atoms with Crippen molar-refractivity contribution in [3.05, 3.63) is 47.5 Å². The second-order valence-corrected chi connectivity index (χ2v) is 11.5. The lowest BCUT2D eigenvalue weighted by atomic mass is 9.88. The number of aliphatic hydroxyl groups is 2. The van der Waals surface area contributed by atoms with Crippen LogP contribution in [0.15, 0.2) is 51.4 Å². The highest BCUT2D eigenvalue weighted by Crippen LogP contribution is 2.50. The average molecular weight is 636 g/mol. The van der Waals surface area contributed by atoms with E-state index < -0.39 is 29.9 Å². The second-order valence-electron chi connectivity index (χ2n) is 11.5. The maximum atomic E-state index is 12.9. The van der Waals surface area contributed by atoms with Crippen LogP contribution in [0.4, 0.5) is 0 Å². The van der Waals surface area contributed by atoms with Crippen LogP contribution in [0.5, 0.6) is 17.2 Å². The van der Waals surface area contributed by atoms with E-state index in [2.05, 4.69) is 20.3 Å². The minimum Gasteiger partial charge on any atom is -0.496 e. The Hall–Kier alpha value is -4.89. The summed E-state index contributed by atoms with van der Waals surface area (Å²) in [5.41, 5.74) is 6.83. The molecule has 0 fully saturated rings. The van der Waals surface area contributed by atoms with Gasteiger partial charge in [-0.2, -0.15) is 9.98 Å². The van der Waals surface area contributed by atoms with Gasteiger partial charge in [-0.15, -0.1) is 0 Å². The number of nitrogens with two attached hydrogens (primary N) is 1. The Balaban J connectivity index is 1.31. The van der Waals surface area contributed by atoms with E-state index in [9.17, 15) is 19.8 Å². The third-order valence-electron chi connectivity index (χ3n) is 8.37. The highest BCUT2D eigenvalue weighted by Gasteiger charge is 2.42. The van der Waals surface area contributed by atoms with Crippen molar-refractivity contribution >= 4 is 35.0 Å². The van der Waals surface area contributed by atoms with E-state index in [0.717, 1.165) is 5.56 Å². The fourth-order valence-corrected chi connectivity index (χ4v) is 6.06. The van der Waals surface area contributed by atoms with Gasteiger partial charge in [0.15, 0.2) is 17.8 Å². The van der Waals surface area contributed by atoms with Gasteiger partial charge in [-0.1, -0.05) is 6.08 Å². The normalized spacial score (nSPS) is 23.2. The van der Waals surface area contributed by atoms with E-state index >= 15 is 0 Å². The molecule has 244 valence electrons. The smallest absolute Gasteiger partial charge is 0.374 e. The summed E-state index contributed by atoms with van der Waals surface area (Å²) in [6.45, 7) is 4.21. The molecule has 5 aliphatic heterocycles. The highest BCUT2D eigenvalue weighted by atomic mass is 16.6. The van der Waals surface area contributed by atoms with Crippen LogP contribution in [0.3, 0.4) is 0 Å². The molecular formula is C31H37N7O8. The highest BCUT2D eigenvalue weighted by molar-refractivity contribution is 6.69. The Morgan fingerprint density at radius 1 is 1.30 bits per heavy atom. The van der Waals surface area contributed by atoms with Crippen molar-refractivity contribution in [3.8, 4) is 17.2 Å². The number of benzene rings is 1. The Morgan fingerprint density at radius 3 is 2.89 bits per heavy atom. The zero-order chi connectivity index (χ0) is 32.6. The lowest BCUT2D eigenvalue weighted by Gasteiger charge is -2.33. The molecule has 0 bridgehead atoms. The number of carbonyl (C=O) groups is 2. The number of amidine groups is 1. The molecule has 5 N–H and O–H groups in total. The van der Waals surface area contributed by atoms with Gasteiger partial charge in [-0.05, 0) is 44.8 Å². The van der Waals surface area contributed by atoms with Crippen molar-refractivity contribution in [3.63, 3.8) is 0 Å². The number of unbranched alkanes of at least 4 members (excludes halogenated alkanes) is 1. The van der Waals surface area contributed by atoms with Crippen molar-refractivity contribution in [2.45, 2.75) is 57.5 Å². The summed E-state index contributed by atoms with van der Waals surface area (Å²) < 4.78 is 23.5. The van der Waals surface area contributed by atoms with E-state index in [1.54, 1.807) is 39.3 Å². The topological polar surface area (TPSA) is 193 Å². The number of rotatable bonds is 11. The summed E-state index contributed by atoms with van der Waals surface area (Å²) in [4.78, 5) is 41.2. The number of nitrogens with zero attached hydrogens (tertiary/aromatic N) is 5. The first-order valence-electron chi connectivity index (χ1n) is 15.1. The third kappa shape index (κ3) is 5.67. The van der Waals surface area contributed by atoms with Gasteiger partial charge >= 0.3 is 11.9 Å². The van der Waals surface area contributed by atoms with E-state index in [0.29, 0.717) is 66.4 Å². The molecule has 1 aromatic rings. The van der Waals surface area contributed by atoms with E-state index in [-0.39, 0.29) is 37.3 Å². The Kier molecular flexibility index (Phi) is 8.44. The zero-order valence-corrected chi connectivity index (χ0v) is 25.9. The molecule has 1 aromatic carbocycles. The monoisotopic (exact) mass is 635 g/mol. The number of hydrogen-bond donors (Lipinski definition) is 4. The van der Waals surface area contributed by atoms with Gasteiger partial charge in [0, 0.05) is 43.6 Å². The van der Waals surface area contributed by atoms with Gasteiger partial charge in [-0.25, -0.2) is 4.79 Å². The van der Waals surface area contributed by atoms with Crippen molar-refractivity contribution in [2.75, 3.05) is 33.5 Å². The molecule has 0 aromatic heterocycles. The van der Waals surface area contributed by atoms with Crippen LogP contribution in [-0.4, -0.2) is 101 Å². The summed E-state index contributed by atoms with van der Waals surface area (Å²) in [5.74, 6) is 0.428. The summed E-state index contributed by atoms with van der Waals surface area (Å²) >= 11 is 0. The molecule has 46 heavy (non-hydrogen) atoms. The van der Waals surface area contributed by atoms with Gasteiger partial charge in [0.05, 0.1) is 24.9 Å². The first-order chi connectivity index (χ1) is 22.1. The first-order valence-corrected chi connectivity index (χ1v) is 15.1. The maximum absolute atomic E-state index is 12.9. The minimum atomic E-state index is -1.15. The SMILES string of the molecule is CCOC(=O)C1=C/C(=C\CN2C=CNC2N2CN=C3C(=O)N=C(N)N=C32)c2c(cc3c(c2OC)C[C@@H]([C@@](C)(O)CCCCO)O3)O1. The summed E-state index contributed by atoms with van der Waals surface area (Å²) in [7, 11) is 1.56. The summed E-state index contributed by atoms with van der Waals surface area (Å²) in [6, 6.07) is 1.71. The molecule has 0 radical (unpaired) electrons. The molecule has 0 saturated heterocycles. The number of aliphatic hydroxyl groups excluding tert-OH is 1. The van der Waals surface area contributed by atoms with Crippen LogP contribution in [0.1, 0.15) is 44.2 Å². The van der Waals surface area contributed by atoms with Gasteiger partial charge in [0.25, 0.3) is 0 Å². The van der Waals surface area contributed by atoms with E-state index in [1.165, 1.54) is 0 Å². The van der Waals surface area contributed by atoms with Crippen molar-refractivity contribution in [1.29, 1.82) is 0 Å². The van der Waals surface area contributed by atoms with Gasteiger partial charge in [0.2, 0.25) is 11.7 Å². The van der Waals surface area contributed by atoms with Crippen LogP contribution in [0.2, 0.25) is 0 Å². The Morgan fingerprint density at radius 2 is 2.13 bits per heavy atom. The van der Waals surface area contributed by atoms with Crippen LogP contribution >= 0.6 is 0 Å². The molecule has 0 saturated carbocycles. The number of hydrogen-bond acceptors (Lipinski definition) is 14. The van der Waals surface area contributed by atoms with E-state index in [4.69, 9.17) is 24.7 Å². The quantitative estimate of drug-likeness (QED) is 0.197. The molecule has 5 aliphatic rings. The minimum absolute atomic E-state index is 0.00205. The molecule has 0 aliphatic carbocycles. The van der Waals surface area contributed by atoms with E-state index in [1.807, 2.05) is 22.1 Å². The van der Waals surface area contributed by atoms with Gasteiger partial charge < -0.3 is 45.1 Å². The molecule has 15 nitrogen and oxygen atoms in total. The number of carbonyl (C=O) groups excluding carboxylic acids is 2. The molecule has 3 atom stereocenters. The molecular weight excluding hydrogens is 598 g/mol. The predicted octanol–water partition coefficient (Wildman–Crippen LogP) is 0.763. The molecule has 1 unspecified atom stereocenters. The molecule has 15 heteroatoms. The average Bonchev–Trinajstić information content (AvgIpc) is 3.77. The number of amides is 1. The number of allylic oxidation sites excluding steroid dienone is 2. The molecule has 0 spiro atoms. The van der Waals surface area contributed by atoms with Crippen molar-refractivity contribution in [2.24, 2.45) is 20.7 Å². The van der Waals surface area contributed by atoms with Gasteiger partial charge in [-0.3, -0.25) is 14.7 Å². The fourth-order valence-electron chi connectivity index (χ4n) is 6.06. The summed E-state index contributed by atoms with van der Waals surface area (Å²) in [5, 5.41) is 23.7. The number of aliphatic imine (C=N–C) groups is 3. The molecule has 5 heterocycles. The lowest BCUT2D eigenvalue weighted by Crippen LogP contribution is -2.53. The van der Waals surface area contributed by atoms with Crippen LogP contribution in [-0.2, 0) is 20.7 Å². The van der Waals surface area contributed by atoms with Crippen LogP contribution < -0.4 is 25.3 Å². The maximum Gasteiger partial charge on any atom is 0.374 e. The van der Waals surface area contributed by atoms with Crippen molar-refractivity contribution in [1.82, 2.24) is 15.1 Å². The Labute approximate surface area is 265 Å². The largest absolute Gasteiger partial charge is 0.496 e. The number of nitrogens with one attached hydrogen (secondary N) is 1. The van der Waals surface area contributed by atoms with Crippen LogP contribution in [0, 0.1) is 0 Å². The fraction of sp³-hybridized carbons (Fsp3) is 0.452. The lowest BCUT2D eigenvalue weighted by molar-refractivity contribution is -0.141. The number of fused-ring (bicyclic) bond motifs is 3. The molecule has 1 amide bonds.